The molecule has 7 nitrogen and oxygen atoms in total. The van der Waals surface area contributed by atoms with Gasteiger partial charge in [0.15, 0.2) is 0 Å². The largest absolute Gasteiger partial charge is 0.361 e. The van der Waals surface area contributed by atoms with E-state index >= 15 is 0 Å². The van der Waals surface area contributed by atoms with Crippen molar-refractivity contribution >= 4 is 17.3 Å². The molecule has 3 rings (SSSR count). The summed E-state index contributed by atoms with van der Waals surface area (Å²) in [7, 11) is 0. The van der Waals surface area contributed by atoms with E-state index in [4.69, 9.17) is 0 Å². The minimum Gasteiger partial charge on any atom is -0.361 e. The van der Waals surface area contributed by atoms with E-state index in [9.17, 15) is 10.1 Å². The summed E-state index contributed by atoms with van der Waals surface area (Å²) in [4.78, 5) is 21.7. The maximum absolute atomic E-state index is 11.6. The number of hydrogen-bond donors (Lipinski definition) is 1. The first-order chi connectivity index (χ1) is 10.8. The SMILES string of the molecule is O=[N+]([O-])c1c(NC2CCCC2)ncnc1N1CCCCCC1. The van der Waals surface area contributed by atoms with Crippen molar-refractivity contribution in [1.29, 1.82) is 0 Å². The topological polar surface area (TPSA) is 84.2 Å². The third kappa shape index (κ3) is 3.28. The van der Waals surface area contributed by atoms with Crippen molar-refractivity contribution in [3.63, 3.8) is 0 Å². The van der Waals surface area contributed by atoms with Crippen LogP contribution in [0.25, 0.3) is 0 Å². The fraction of sp³-hybridized carbons (Fsp3) is 0.733. The summed E-state index contributed by atoms with van der Waals surface area (Å²) in [5, 5.41) is 14.9. The van der Waals surface area contributed by atoms with Gasteiger partial charge in [0.2, 0.25) is 11.6 Å². The van der Waals surface area contributed by atoms with Crippen molar-refractivity contribution in [3.8, 4) is 0 Å². The van der Waals surface area contributed by atoms with Crippen LogP contribution >= 0.6 is 0 Å². The molecule has 22 heavy (non-hydrogen) atoms. The molecule has 1 N–H and O–H groups in total. The molecule has 1 aromatic heterocycles. The molecule has 1 saturated carbocycles. The Balaban J connectivity index is 1.89. The van der Waals surface area contributed by atoms with E-state index < -0.39 is 0 Å². The fourth-order valence-electron chi connectivity index (χ4n) is 3.42. The molecule has 0 bridgehead atoms. The van der Waals surface area contributed by atoms with E-state index in [1.54, 1.807) is 0 Å². The van der Waals surface area contributed by atoms with Gasteiger partial charge in [-0.1, -0.05) is 25.7 Å². The van der Waals surface area contributed by atoms with Gasteiger partial charge < -0.3 is 10.2 Å². The minimum atomic E-state index is -0.336. The van der Waals surface area contributed by atoms with Gasteiger partial charge in [0.25, 0.3) is 0 Å². The van der Waals surface area contributed by atoms with Gasteiger partial charge in [-0.15, -0.1) is 0 Å². The van der Waals surface area contributed by atoms with Crippen molar-refractivity contribution < 1.29 is 4.92 Å². The molecule has 0 aromatic carbocycles. The molecule has 2 heterocycles. The molecular weight excluding hydrogens is 282 g/mol. The van der Waals surface area contributed by atoms with Crippen molar-refractivity contribution in [2.24, 2.45) is 0 Å². The lowest BCUT2D eigenvalue weighted by Gasteiger charge is -2.22. The average molecular weight is 305 g/mol. The van der Waals surface area contributed by atoms with Gasteiger partial charge in [-0.25, -0.2) is 9.97 Å². The molecule has 2 fully saturated rings. The molecule has 0 radical (unpaired) electrons. The molecule has 1 aromatic rings. The molecule has 1 aliphatic carbocycles. The highest BCUT2D eigenvalue weighted by Crippen LogP contribution is 2.34. The van der Waals surface area contributed by atoms with Crippen molar-refractivity contribution in [3.05, 3.63) is 16.4 Å². The van der Waals surface area contributed by atoms with Gasteiger partial charge in [-0.3, -0.25) is 10.1 Å². The maximum atomic E-state index is 11.6. The second kappa shape index (κ2) is 6.89. The smallest absolute Gasteiger partial charge is 0.353 e. The van der Waals surface area contributed by atoms with Crippen LogP contribution in [-0.4, -0.2) is 34.0 Å². The van der Waals surface area contributed by atoms with Crippen LogP contribution in [0.15, 0.2) is 6.33 Å². The molecule has 7 heteroatoms. The molecular formula is C15H23N5O2. The molecule has 2 aliphatic rings. The number of nitrogens with zero attached hydrogens (tertiary/aromatic N) is 4. The number of anilines is 2. The van der Waals surface area contributed by atoms with Crippen molar-refractivity contribution in [1.82, 2.24) is 9.97 Å². The van der Waals surface area contributed by atoms with Crippen molar-refractivity contribution in [2.45, 2.75) is 57.4 Å². The Kier molecular flexibility index (Phi) is 4.70. The van der Waals surface area contributed by atoms with Gasteiger partial charge in [-0.2, -0.15) is 0 Å². The Labute approximate surface area is 130 Å². The summed E-state index contributed by atoms with van der Waals surface area (Å²) in [5.41, 5.74) is 0.0382. The van der Waals surface area contributed by atoms with Gasteiger partial charge in [0.05, 0.1) is 4.92 Å². The predicted octanol–water partition coefficient (Wildman–Crippen LogP) is 3.12. The first-order valence-corrected chi connectivity index (χ1v) is 8.26. The highest BCUT2D eigenvalue weighted by atomic mass is 16.6. The Bertz CT molecular complexity index is 523. The number of aromatic nitrogens is 2. The second-order valence-electron chi connectivity index (χ2n) is 6.18. The highest BCUT2D eigenvalue weighted by molar-refractivity contribution is 5.70. The van der Waals surface area contributed by atoms with Crippen LogP contribution < -0.4 is 10.2 Å². The molecule has 0 atom stereocenters. The van der Waals surface area contributed by atoms with Gasteiger partial charge in [-0.05, 0) is 25.7 Å². The average Bonchev–Trinajstić information content (AvgIpc) is 2.86. The third-order valence-corrected chi connectivity index (χ3v) is 4.59. The molecule has 0 unspecified atom stereocenters. The lowest BCUT2D eigenvalue weighted by atomic mass is 10.2. The van der Waals surface area contributed by atoms with Crippen molar-refractivity contribution in [2.75, 3.05) is 23.3 Å². The van der Waals surface area contributed by atoms with Crippen LogP contribution in [0, 0.1) is 10.1 Å². The summed E-state index contributed by atoms with van der Waals surface area (Å²) < 4.78 is 0. The molecule has 1 saturated heterocycles. The molecule has 0 amide bonds. The van der Waals surface area contributed by atoms with Crippen LogP contribution in [0.2, 0.25) is 0 Å². The van der Waals surface area contributed by atoms with Crippen LogP contribution in [0.4, 0.5) is 17.3 Å². The summed E-state index contributed by atoms with van der Waals surface area (Å²) in [5.74, 6) is 0.855. The molecule has 120 valence electrons. The lowest BCUT2D eigenvalue weighted by molar-refractivity contribution is -0.383. The highest BCUT2D eigenvalue weighted by Gasteiger charge is 2.29. The summed E-state index contributed by atoms with van der Waals surface area (Å²) >= 11 is 0. The first kappa shape index (κ1) is 15.0. The van der Waals surface area contributed by atoms with Crippen LogP contribution in [-0.2, 0) is 0 Å². The van der Waals surface area contributed by atoms with Crippen LogP contribution in [0.1, 0.15) is 51.4 Å². The van der Waals surface area contributed by atoms with E-state index in [0.717, 1.165) is 38.8 Å². The third-order valence-electron chi connectivity index (χ3n) is 4.59. The Morgan fingerprint density at radius 1 is 1.09 bits per heavy atom. The van der Waals surface area contributed by atoms with E-state index in [2.05, 4.69) is 15.3 Å². The Morgan fingerprint density at radius 2 is 1.77 bits per heavy atom. The normalized spacial score (nSPS) is 19.9. The number of rotatable bonds is 4. The zero-order chi connectivity index (χ0) is 15.4. The van der Waals surface area contributed by atoms with Crippen LogP contribution in [0.3, 0.4) is 0 Å². The van der Waals surface area contributed by atoms with E-state index in [1.165, 1.54) is 32.0 Å². The van der Waals surface area contributed by atoms with E-state index in [1.807, 2.05) is 4.90 Å². The fourth-order valence-corrected chi connectivity index (χ4v) is 3.42. The van der Waals surface area contributed by atoms with Gasteiger partial charge in [0.1, 0.15) is 6.33 Å². The summed E-state index contributed by atoms with van der Waals surface area (Å²) in [6.45, 7) is 1.67. The molecule has 0 spiro atoms. The predicted molar refractivity (Wildman–Crippen MR) is 85.2 cm³/mol. The monoisotopic (exact) mass is 305 g/mol. The summed E-state index contributed by atoms with van der Waals surface area (Å²) in [6, 6.07) is 0.297. The minimum absolute atomic E-state index is 0.0382. The van der Waals surface area contributed by atoms with Gasteiger partial charge >= 0.3 is 5.69 Å². The van der Waals surface area contributed by atoms with E-state index in [-0.39, 0.29) is 10.6 Å². The first-order valence-electron chi connectivity index (χ1n) is 8.26. The standard InChI is InChI=1S/C15H23N5O2/c21-20(22)13-14(18-12-7-3-4-8-12)16-11-17-15(13)19-9-5-1-2-6-10-19/h11-12H,1-10H2,(H,16,17,18). The zero-order valence-corrected chi connectivity index (χ0v) is 12.8. The zero-order valence-electron chi connectivity index (χ0n) is 12.8. The number of nitrogens with one attached hydrogen (secondary N) is 1. The van der Waals surface area contributed by atoms with Crippen LogP contribution in [0.5, 0.6) is 0 Å². The second-order valence-corrected chi connectivity index (χ2v) is 6.18. The number of hydrogen-bond acceptors (Lipinski definition) is 6. The van der Waals surface area contributed by atoms with Gasteiger partial charge in [0, 0.05) is 19.1 Å². The quantitative estimate of drug-likeness (QED) is 0.679. The maximum Gasteiger partial charge on any atom is 0.353 e. The lowest BCUT2D eigenvalue weighted by Crippen LogP contribution is -2.27. The van der Waals surface area contributed by atoms with E-state index in [0.29, 0.717) is 17.7 Å². The molecule has 1 aliphatic heterocycles. The number of nitro groups is 1. The Hall–Kier alpha value is -1.92. The summed E-state index contributed by atoms with van der Waals surface area (Å²) in [6.07, 6.45) is 10.4. The Morgan fingerprint density at radius 3 is 2.41 bits per heavy atom.